The van der Waals surface area contributed by atoms with Crippen LogP contribution in [0, 0.1) is 0 Å². The first kappa shape index (κ1) is 15.8. The zero-order valence-corrected chi connectivity index (χ0v) is 12.3. The summed E-state index contributed by atoms with van der Waals surface area (Å²) in [6.07, 6.45) is 0.982. The Balaban J connectivity index is 2.47. The molecule has 106 valence electrons. The van der Waals surface area contributed by atoms with Gasteiger partial charge in [0.25, 0.3) is 5.91 Å². The van der Waals surface area contributed by atoms with Gasteiger partial charge in [0, 0.05) is 18.2 Å². The summed E-state index contributed by atoms with van der Waals surface area (Å²) in [5.41, 5.74) is 0.444. The highest BCUT2D eigenvalue weighted by Gasteiger charge is 2.12. The van der Waals surface area contributed by atoms with Crippen LogP contribution in [0.3, 0.4) is 0 Å². The molecule has 1 rings (SSSR count). The molecule has 0 radical (unpaired) electrons. The monoisotopic (exact) mass is 285 g/mol. The fourth-order valence-electron chi connectivity index (χ4n) is 1.55. The topological polar surface area (TPSA) is 47.6 Å². The van der Waals surface area contributed by atoms with E-state index in [2.05, 4.69) is 5.32 Å². The van der Waals surface area contributed by atoms with Gasteiger partial charge in [0.1, 0.15) is 5.75 Å². The Morgan fingerprint density at radius 2 is 2.16 bits per heavy atom. The predicted octanol–water partition coefficient (Wildman–Crippen LogP) is 2.89. The molecule has 4 nitrogen and oxygen atoms in total. The molecule has 5 heteroatoms. The first-order chi connectivity index (χ1) is 9.04. The summed E-state index contributed by atoms with van der Waals surface area (Å²) < 4.78 is 10.5. The fraction of sp³-hybridized carbons (Fsp3) is 0.500. The zero-order chi connectivity index (χ0) is 14.3. The van der Waals surface area contributed by atoms with E-state index in [9.17, 15) is 4.79 Å². The number of rotatable bonds is 7. The van der Waals surface area contributed by atoms with Crippen molar-refractivity contribution in [2.45, 2.75) is 26.4 Å². The van der Waals surface area contributed by atoms with E-state index in [4.69, 9.17) is 21.1 Å². The highest BCUT2D eigenvalue weighted by molar-refractivity contribution is 6.31. The molecule has 1 amide bonds. The molecule has 0 unspecified atom stereocenters. The van der Waals surface area contributed by atoms with E-state index in [0.29, 0.717) is 29.5 Å². The van der Waals surface area contributed by atoms with Crippen molar-refractivity contribution in [3.05, 3.63) is 28.8 Å². The second kappa shape index (κ2) is 8.02. The summed E-state index contributed by atoms with van der Waals surface area (Å²) in [6.45, 7) is 5.15. The van der Waals surface area contributed by atoms with Gasteiger partial charge < -0.3 is 14.8 Å². The Hall–Kier alpha value is -1.26. The Morgan fingerprint density at radius 1 is 1.42 bits per heavy atom. The molecule has 1 aromatic carbocycles. The minimum atomic E-state index is -0.191. The minimum absolute atomic E-state index is 0.191. The van der Waals surface area contributed by atoms with E-state index in [1.165, 1.54) is 7.11 Å². The third kappa shape index (κ3) is 5.49. The van der Waals surface area contributed by atoms with Crippen molar-refractivity contribution in [1.82, 2.24) is 5.32 Å². The number of amides is 1. The van der Waals surface area contributed by atoms with E-state index in [-0.39, 0.29) is 12.0 Å². The number of hydrogen-bond donors (Lipinski definition) is 1. The molecule has 0 aliphatic rings. The number of benzene rings is 1. The van der Waals surface area contributed by atoms with Crippen molar-refractivity contribution in [2.75, 3.05) is 20.3 Å². The van der Waals surface area contributed by atoms with E-state index < -0.39 is 0 Å². The van der Waals surface area contributed by atoms with Gasteiger partial charge in [0.2, 0.25) is 0 Å². The highest BCUT2D eigenvalue weighted by Crippen LogP contribution is 2.22. The van der Waals surface area contributed by atoms with Crippen LogP contribution in [-0.2, 0) is 4.74 Å². The molecule has 1 aromatic rings. The quantitative estimate of drug-likeness (QED) is 0.784. The van der Waals surface area contributed by atoms with E-state index >= 15 is 0 Å². The van der Waals surface area contributed by atoms with Crippen LogP contribution in [0.2, 0.25) is 5.02 Å². The second-order valence-corrected chi connectivity index (χ2v) is 4.81. The smallest absolute Gasteiger partial charge is 0.255 e. The van der Waals surface area contributed by atoms with Gasteiger partial charge in [-0.2, -0.15) is 0 Å². The first-order valence-electron chi connectivity index (χ1n) is 6.28. The molecule has 19 heavy (non-hydrogen) atoms. The SMILES string of the molecule is COc1ccc(Cl)cc1C(=O)NCCCOC(C)C. The molecule has 0 bridgehead atoms. The molecule has 0 fully saturated rings. The summed E-state index contributed by atoms with van der Waals surface area (Å²) in [5, 5.41) is 3.33. The summed E-state index contributed by atoms with van der Waals surface area (Å²) in [7, 11) is 1.52. The summed E-state index contributed by atoms with van der Waals surface area (Å²) in [5.74, 6) is 0.323. The van der Waals surface area contributed by atoms with Gasteiger partial charge in [-0.25, -0.2) is 0 Å². The van der Waals surface area contributed by atoms with Crippen LogP contribution in [-0.4, -0.2) is 32.3 Å². The maximum Gasteiger partial charge on any atom is 0.255 e. The molecule has 0 spiro atoms. The largest absolute Gasteiger partial charge is 0.496 e. The lowest BCUT2D eigenvalue weighted by Crippen LogP contribution is -2.26. The molecule has 0 heterocycles. The summed E-state index contributed by atoms with van der Waals surface area (Å²) in [6, 6.07) is 4.97. The maximum atomic E-state index is 12.0. The average Bonchev–Trinajstić information content (AvgIpc) is 2.37. The lowest BCUT2D eigenvalue weighted by molar-refractivity contribution is 0.0757. The van der Waals surface area contributed by atoms with Gasteiger partial charge in [-0.3, -0.25) is 4.79 Å². The van der Waals surface area contributed by atoms with Gasteiger partial charge in [0.15, 0.2) is 0 Å². The fourth-order valence-corrected chi connectivity index (χ4v) is 1.72. The normalized spacial score (nSPS) is 10.6. The number of ether oxygens (including phenoxy) is 2. The summed E-state index contributed by atoms with van der Waals surface area (Å²) in [4.78, 5) is 12.0. The van der Waals surface area contributed by atoms with Crippen LogP contribution >= 0.6 is 11.6 Å². The van der Waals surface area contributed by atoms with Crippen LogP contribution in [0.1, 0.15) is 30.6 Å². The third-order valence-corrected chi connectivity index (χ3v) is 2.70. The molecular weight excluding hydrogens is 266 g/mol. The molecule has 1 N–H and O–H groups in total. The second-order valence-electron chi connectivity index (χ2n) is 4.37. The van der Waals surface area contributed by atoms with Crippen molar-refractivity contribution in [3.63, 3.8) is 0 Å². The van der Waals surface area contributed by atoms with Crippen LogP contribution in [0.25, 0.3) is 0 Å². The molecule has 0 aliphatic heterocycles. The van der Waals surface area contributed by atoms with Crippen molar-refractivity contribution in [1.29, 1.82) is 0 Å². The predicted molar refractivity (Wildman–Crippen MR) is 76.0 cm³/mol. The van der Waals surface area contributed by atoms with Crippen molar-refractivity contribution >= 4 is 17.5 Å². The Kier molecular flexibility index (Phi) is 6.67. The van der Waals surface area contributed by atoms with Crippen molar-refractivity contribution in [2.24, 2.45) is 0 Å². The maximum absolute atomic E-state index is 12.0. The zero-order valence-electron chi connectivity index (χ0n) is 11.5. The Labute approximate surface area is 119 Å². The lowest BCUT2D eigenvalue weighted by atomic mass is 10.2. The number of nitrogens with one attached hydrogen (secondary N) is 1. The van der Waals surface area contributed by atoms with Crippen LogP contribution < -0.4 is 10.1 Å². The van der Waals surface area contributed by atoms with E-state index in [0.717, 1.165) is 6.42 Å². The van der Waals surface area contributed by atoms with Crippen LogP contribution in [0.15, 0.2) is 18.2 Å². The third-order valence-electron chi connectivity index (χ3n) is 2.46. The molecular formula is C14H20ClNO3. The van der Waals surface area contributed by atoms with Crippen molar-refractivity contribution < 1.29 is 14.3 Å². The number of carbonyl (C=O) groups excluding carboxylic acids is 1. The van der Waals surface area contributed by atoms with Gasteiger partial charge in [-0.15, -0.1) is 0 Å². The highest BCUT2D eigenvalue weighted by atomic mass is 35.5. The van der Waals surface area contributed by atoms with E-state index in [1.807, 2.05) is 13.8 Å². The Morgan fingerprint density at radius 3 is 2.79 bits per heavy atom. The minimum Gasteiger partial charge on any atom is -0.496 e. The summed E-state index contributed by atoms with van der Waals surface area (Å²) >= 11 is 5.88. The average molecular weight is 286 g/mol. The van der Waals surface area contributed by atoms with Gasteiger partial charge in [-0.1, -0.05) is 11.6 Å². The molecule has 0 atom stereocenters. The van der Waals surface area contributed by atoms with Crippen LogP contribution in [0.4, 0.5) is 0 Å². The van der Waals surface area contributed by atoms with Crippen molar-refractivity contribution in [3.8, 4) is 5.75 Å². The number of methoxy groups -OCH3 is 1. The van der Waals surface area contributed by atoms with Crippen LogP contribution in [0.5, 0.6) is 5.75 Å². The molecule has 0 aromatic heterocycles. The molecule has 0 saturated carbocycles. The van der Waals surface area contributed by atoms with Gasteiger partial charge in [-0.05, 0) is 38.5 Å². The lowest BCUT2D eigenvalue weighted by Gasteiger charge is -2.10. The standard InChI is InChI=1S/C14H20ClNO3/c1-10(2)19-8-4-7-16-14(17)12-9-11(15)5-6-13(12)18-3/h5-6,9-10H,4,7-8H2,1-3H3,(H,16,17). The van der Waals surface area contributed by atoms with Gasteiger partial charge in [0.05, 0.1) is 18.8 Å². The number of halogens is 1. The molecule has 0 aliphatic carbocycles. The van der Waals surface area contributed by atoms with E-state index in [1.54, 1.807) is 18.2 Å². The first-order valence-corrected chi connectivity index (χ1v) is 6.65. The Bertz CT molecular complexity index is 421. The number of carbonyl (C=O) groups is 1. The van der Waals surface area contributed by atoms with Gasteiger partial charge >= 0.3 is 0 Å². The molecule has 0 saturated heterocycles. The number of hydrogen-bond acceptors (Lipinski definition) is 3.